The van der Waals surface area contributed by atoms with Gasteiger partial charge in [-0.25, -0.2) is 9.69 Å². The van der Waals surface area contributed by atoms with Crippen molar-refractivity contribution in [3.05, 3.63) is 91.5 Å². The normalized spacial score (nSPS) is 14.7. The van der Waals surface area contributed by atoms with Crippen LogP contribution in [0.1, 0.15) is 23.6 Å². The van der Waals surface area contributed by atoms with Crippen LogP contribution in [0, 0.1) is 10.5 Å². The second kappa shape index (κ2) is 11.1. The van der Waals surface area contributed by atoms with Gasteiger partial charge >= 0.3 is 6.03 Å². The first-order chi connectivity index (χ1) is 17.3. The minimum atomic E-state index is -0.790. The predicted octanol–water partition coefficient (Wildman–Crippen LogP) is 5.90. The van der Waals surface area contributed by atoms with Crippen molar-refractivity contribution in [1.29, 1.82) is 0 Å². The minimum Gasteiger partial charge on any atom is -0.490 e. The number of barbiturate groups is 1. The maximum Gasteiger partial charge on any atom is 0.335 e. The molecule has 36 heavy (non-hydrogen) atoms. The Hall–Kier alpha value is -3.37. The summed E-state index contributed by atoms with van der Waals surface area (Å²) in [7, 11) is 0. The zero-order valence-electron chi connectivity index (χ0n) is 19.5. The fourth-order valence-electron chi connectivity index (χ4n) is 3.68. The summed E-state index contributed by atoms with van der Waals surface area (Å²) in [5, 5.41) is 2.86. The van der Waals surface area contributed by atoms with E-state index in [0.29, 0.717) is 34.4 Å². The van der Waals surface area contributed by atoms with Gasteiger partial charge in [0.15, 0.2) is 11.5 Å². The summed E-state index contributed by atoms with van der Waals surface area (Å²) in [5.74, 6) is -0.462. The molecule has 0 unspecified atom stereocenters. The van der Waals surface area contributed by atoms with E-state index in [-0.39, 0.29) is 12.2 Å². The standard InChI is InChI=1S/C27H22ClIN2O5/c1-3-35-23-14-18(13-22(29)24(23)36-15-17-7-5-8-19(28)11-17)12-21-25(32)30-27(34)31(26(21)33)20-9-4-6-16(2)10-20/h4-14H,3,15H2,1-2H3,(H,30,32,34)/b21-12+. The first-order valence-electron chi connectivity index (χ1n) is 11.1. The number of imide groups is 2. The molecule has 184 valence electrons. The number of hydrogen-bond donors (Lipinski definition) is 1. The van der Waals surface area contributed by atoms with Crippen molar-refractivity contribution < 1.29 is 23.9 Å². The molecule has 3 aromatic carbocycles. The number of aryl methyl sites for hydroxylation is 1. The van der Waals surface area contributed by atoms with Gasteiger partial charge in [-0.1, -0.05) is 35.9 Å². The molecule has 1 fully saturated rings. The number of rotatable bonds is 7. The first kappa shape index (κ1) is 25.7. The largest absolute Gasteiger partial charge is 0.490 e. The molecule has 4 amide bonds. The van der Waals surface area contributed by atoms with E-state index in [4.69, 9.17) is 21.1 Å². The van der Waals surface area contributed by atoms with Crippen LogP contribution in [0.3, 0.4) is 0 Å². The molecule has 0 radical (unpaired) electrons. The number of nitrogens with one attached hydrogen (secondary N) is 1. The van der Waals surface area contributed by atoms with E-state index < -0.39 is 17.8 Å². The van der Waals surface area contributed by atoms with Crippen molar-refractivity contribution in [2.75, 3.05) is 11.5 Å². The van der Waals surface area contributed by atoms with Gasteiger partial charge in [-0.2, -0.15) is 0 Å². The Morgan fingerprint density at radius 2 is 1.81 bits per heavy atom. The third-order valence-electron chi connectivity index (χ3n) is 5.28. The molecule has 4 rings (SSSR count). The van der Waals surface area contributed by atoms with Gasteiger partial charge in [0.25, 0.3) is 11.8 Å². The smallest absolute Gasteiger partial charge is 0.335 e. The average molecular weight is 617 g/mol. The van der Waals surface area contributed by atoms with Gasteiger partial charge in [0.05, 0.1) is 15.9 Å². The van der Waals surface area contributed by atoms with Gasteiger partial charge in [0.2, 0.25) is 0 Å². The number of carbonyl (C=O) groups excluding carboxylic acids is 3. The van der Waals surface area contributed by atoms with E-state index >= 15 is 0 Å². The Morgan fingerprint density at radius 3 is 2.53 bits per heavy atom. The summed E-state index contributed by atoms with van der Waals surface area (Å²) in [6, 6.07) is 17.0. The van der Waals surface area contributed by atoms with Crippen LogP contribution in [0.4, 0.5) is 10.5 Å². The molecule has 1 N–H and O–H groups in total. The zero-order valence-corrected chi connectivity index (χ0v) is 22.4. The number of benzene rings is 3. The van der Waals surface area contributed by atoms with E-state index in [1.54, 1.807) is 36.4 Å². The van der Waals surface area contributed by atoms with Crippen LogP contribution in [0.2, 0.25) is 5.02 Å². The van der Waals surface area contributed by atoms with Gasteiger partial charge in [0, 0.05) is 5.02 Å². The van der Waals surface area contributed by atoms with Crippen LogP contribution in [-0.4, -0.2) is 24.5 Å². The SMILES string of the molecule is CCOc1cc(/C=C2\C(=O)NC(=O)N(c3cccc(C)c3)C2=O)cc(I)c1OCc1cccc(Cl)c1. The quantitative estimate of drug-likeness (QED) is 0.203. The van der Waals surface area contributed by atoms with Crippen molar-refractivity contribution in [3.8, 4) is 11.5 Å². The van der Waals surface area contributed by atoms with E-state index in [1.165, 1.54) is 6.08 Å². The van der Waals surface area contributed by atoms with Crippen LogP contribution in [0.15, 0.2) is 66.2 Å². The third-order valence-corrected chi connectivity index (χ3v) is 6.31. The fraction of sp³-hybridized carbons (Fsp3) is 0.148. The Labute approximate surface area is 227 Å². The molecule has 0 saturated carbocycles. The topological polar surface area (TPSA) is 84.9 Å². The molecular formula is C27H22ClIN2O5. The molecule has 0 bridgehead atoms. The summed E-state index contributed by atoms with van der Waals surface area (Å²) in [4.78, 5) is 39.2. The molecule has 7 nitrogen and oxygen atoms in total. The number of ether oxygens (including phenoxy) is 2. The van der Waals surface area contributed by atoms with Crippen LogP contribution in [0.5, 0.6) is 11.5 Å². The van der Waals surface area contributed by atoms with Crippen LogP contribution < -0.4 is 19.7 Å². The average Bonchev–Trinajstić information content (AvgIpc) is 2.81. The molecule has 9 heteroatoms. The molecule has 0 spiro atoms. The summed E-state index contributed by atoms with van der Waals surface area (Å²) in [5.41, 5.74) is 2.54. The predicted molar refractivity (Wildman–Crippen MR) is 146 cm³/mol. The Morgan fingerprint density at radius 1 is 1.03 bits per heavy atom. The molecule has 1 aliphatic heterocycles. The monoisotopic (exact) mass is 616 g/mol. The first-order valence-corrected chi connectivity index (χ1v) is 12.5. The summed E-state index contributed by atoms with van der Waals surface area (Å²) < 4.78 is 12.6. The van der Waals surface area contributed by atoms with Crippen LogP contribution in [-0.2, 0) is 16.2 Å². The fourth-order valence-corrected chi connectivity index (χ4v) is 4.68. The van der Waals surface area contributed by atoms with E-state index in [2.05, 4.69) is 27.9 Å². The van der Waals surface area contributed by atoms with E-state index in [0.717, 1.165) is 19.6 Å². The lowest BCUT2D eigenvalue weighted by Gasteiger charge is -2.26. The summed E-state index contributed by atoms with van der Waals surface area (Å²) >= 11 is 8.18. The molecule has 1 heterocycles. The van der Waals surface area contributed by atoms with Gasteiger partial charge in [-0.3, -0.25) is 14.9 Å². The zero-order chi connectivity index (χ0) is 25.8. The lowest BCUT2D eigenvalue weighted by atomic mass is 10.1. The van der Waals surface area contributed by atoms with Crippen molar-refractivity contribution in [1.82, 2.24) is 5.32 Å². The lowest BCUT2D eigenvalue weighted by Crippen LogP contribution is -2.54. The molecule has 0 atom stereocenters. The highest BCUT2D eigenvalue weighted by Gasteiger charge is 2.36. The number of nitrogens with zero attached hydrogens (tertiary/aromatic N) is 1. The maximum atomic E-state index is 13.2. The second-order valence-corrected chi connectivity index (χ2v) is 9.58. The number of hydrogen-bond acceptors (Lipinski definition) is 5. The number of amides is 4. The Kier molecular flexibility index (Phi) is 7.95. The van der Waals surface area contributed by atoms with Crippen molar-refractivity contribution in [2.24, 2.45) is 0 Å². The highest BCUT2D eigenvalue weighted by atomic mass is 127. The molecule has 1 aliphatic rings. The van der Waals surface area contributed by atoms with Gasteiger partial charge < -0.3 is 9.47 Å². The van der Waals surface area contributed by atoms with Gasteiger partial charge in [-0.05, 0) is 95.6 Å². The highest BCUT2D eigenvalue weighted by Crippen LogP contribution is 2.36. The van der Waals surface area contributed by atoms with Crippen molar-refractivity contribution in [2.45, 2.75) is 20.5 Å². The maximum absolute atomic E-state index is 13.2. The molecular weight excluding hydrogens is 595 g/mol. The Bertz CT molecular complexity index is 1390. The number of urea groups is 1. The lowest BCUT2D eigenvalue weighted by molar-refractivity contribution is -0.122. The Balaban J connectivity index is 1.66. The van der Waals surface area contributed by atoms with E-state index in [1.807, 2.05) is 38.1 Å². The summed E-state index contributed by atoms with van der Waals surface area (Å²) in [6.07, 6.45) is 1.44. The molecule has 1 saturated heterocycles. The minimum absolute atomic E-state index is 0.165. The molecule has 0 aliphatic carbocycles. The number of carbonyl (C=O) groups is 3. The third kappa shape index (κ3) is 5.71. The number of anilines is 1. The van der Waals surface area contributed by atoms with Crippen molar-refractivity contribution >= 4 is 63.8 Å². The summed E-state index contributed by atoms with van der Waals surface area (Å²) in [6.45, 7) is 4.37. The molecule has 3 aromatic rings. The van der Waals surface area contributed by atoms with Crippen LogP contribution >= 0.6 is 34.2 Å². The van der Waals surface area contributed by atoms with Gasteiger partial charge in [-0.15, -0.1) is 0 Å². The van der Waals surface area contributed by atoms with Crippen molar-refractivity contribution in [3.63, 3.8) is 0 Å². The second-order valence-electron chi connectivity index (χ2n) is 7.98. The highest BCUT2D eigenvalue weighted by molar-refractivity contribution is 14.1. The van der Waals surface area contributed by atoms with Gasteiger partial charge in [0.1, 0.15) is 12.2 Å². The van der Waals surface area contributed by atoms with Crippen LogP contribution in [0.25, 0.3) is 6.08 Å². The molecule has 0 aromatic heterocycles. The number of halogens is 2. The van der Waals surface area contributed by atoms with E-state index in [9.17, 15) is 14.4 Å².